The SMILES string of the molecule is CSc1ccc([N+](=O)[O-])c(C(=O)OCC(=O)Nc2ccccc2C(F)(F)F)c1. The van der Waals surface area contributed by atoms with E-state index >= 15 is 0 Å². The number of nitrogens with one attached hydrogen (secondary N) is 1. The van der Waals surface area contributed by atoms with Crippen LogP contribution in [-0.4, -0.2) is 29.7 Å². The fourth-order valence-corrected chi connectivity index (χ4v) is 2.64. The predicted molar refractivity (Wildman–Crippen MR) is 95.2 cm³/mol. The van der Waals surface area contributed by atoms with Gasteiger partial charge in [-0.2, -0.15) is 13.2 Å². The molecule has 0 radical (unpaired) electrons. The summed E-state index contributed by atoms with van der Waals surface area (Å²) in [5, 5.41) is 13.1. The molecule has 0 aliphatic carbocycles. The molecule has 0 fully saturated rings. The Bertz CT molecular complexity index is 918. The Kier molecular flexibility index (Phi) is 6.62. The zero-order valence-corrected chi connectivity index (χ0v) is 15.1. The summed E-state index contributed by atoms with van der Waals surface area (Å²) in [6, 6.07) is 8.11. The fourth-order valence-electron chi connectivity index (χ4n) is 2.20. The van der Waals surface area contributed by atoms with E-state index < -0.39 is 46.5 Å². The monoisotopic (exact) mass is 414 g/mol. The van der Waals surface area contributed by atoms with Gasteiger partial charge >= 0.3 is 12.1 Å². The number of benzene rings is 2. The van der Waals surface area contributed by atoms with E-state index in [2.05, 4.69) is 0 Å². The largest absolute Gasteiger partial charge is 0.452 e. The van der Waals surface area contributed by atoms with Gasteiger partial charge in [0.15, 0.2) is 6.61 Å². The zero-order chi connectivity index (χ0) is 20.9. The lowest BCUT2D eigenvalue weighted by Gasteiger charge is -2.13. The number of carbonyl (C=O) groups is 2. The number of esters is 1. The molecule has 7 nitrogen and oxygen atoms in total. The summed E-state index contributed by atoms with van der Waals surface area (Å²) < 4.78 is 43.5. The third kappa shape index (κ3) is 5.22. The third-order valence-electron chi connectivity index (χ3n) is 3.46. The van der Waals surface area contributed by atoms with Crippen molar-refractivity contribution in [2.75, 3.05) is 18.2 Å². The molecule has 0 bridgehead atoms. The van der Waals surface area contributed by atoms with Crippen LogP contribution >= 0.6 is 11.8 Å². The summed E-state index contributed by atoms with van der Waals surface area (Å²) in [6.07, 6.45) is -2.98. The van der Waals surface area contributed by atoms with Crippen molar-refractivity contribution < 1.29 is 32.4 Å². The molecule has 0 heterocycles. The summed E-state index contributed by atoms with van der Waals surface area (Å²) in [5.41, 5.74) is -2.42. The summed E-state index contributed by atoms with van der Waals surface area (Å²) in [6.45, 7) is -0.911. The van der Waals surface area contributed by atoms with Gasteiger partial charge in [-0.3, -0.25) is 14.9 Å². The fraction of sp³-hybridized carbons (Fsp3) is 0.176. The molecule has 1 N–H and O–H groups in total. The Labute approximate surface area is 161 Å². The minimum atomic E-state index is -4.68. The minimum absolute atomic E-state index is 0.361. The van der Waals surface area contributed by atoms with Crippen LogP contribution in [0.2, 0.25) is 0 Å². The molecule has 11 heteroatoms. The van der Waals surface area contributed by atoms with Gasteiger partial charge in [0, 0.05) is 11.0 Å². The number of nitro benzene ring substituents is 1. The highest BCUT2D eigenvalue weighted by atomic mass is 32.2. The van der Waals surface area contributed by atoms with Crippen LogP contribution in [0.4, 0.5) is 24.5 Å². The Morgan fingerprint density at radius 2 is 1.89 bits per heavy atom. The molecule has 0 aliphatic heterocycles. The molecule has 2 aromatic carbocycles. The summed E-state index contributed by atoms with van der Waals surface area (Å²) in [7, 11) is 0. The molecule has 0 saturated carbocycles. The van der Waals surface area contributed by atoms with Crippen LogP contribution in [0.15, 0.2) is 47.4 Å². The molecule has 0 atom stereocenters. The van der Waals surface area contributed by atoms with E-state index in [1.54, 1.807) is 6.26 Å². The molecule has 0 unspecified atom stereocenters. The number of nitro groups is 1. The minimum Gasteiger partial charge on any atom is -0.452 e. The third-order valence-corrected chi connectivity index (χ3v) is 4.19. The second kappa shape index (κ2) is 8.74. The summed E-state index contributed by atoms with van der Waals surface area (Å²) in [5.74, 6) is -2.16. The first-order valence-corrected chi connectivity index (χ1v) is 8.81. The highest BCUT2D eigenvalue weighted by Gasteiger charge is 2.33. The van der Waals surface area contributed by atoms with E-state index in [4.69, 9.17) is 4.74 Å². The summed E-state index contributed by atoms with van der Waals surface area (Å²) in [4.78, 5) is 34.8. The molecule has 2 rings (SSSR count). The number of anilines is 1. The quantitative estimate of drug-likeness (QED) is 0.330. The molecule has 28 heavy (non-hydrogen) atoms. The van der Waals surface area contributed by atoms with Crippen LogP contribution < -0.4 is 5.32 Å². The lowest BCUT2D eigenvalue weighted by molar-refractivity contribution is -0.385. The molecule has 1 amide bonds. The first kappa shape index (κ1) is 21.2. The average Bonchev–Trinajstić information content (AvgIpc) is 2.65. The van der Waals surface area contributed by atoms with E-state index in [1.165, 1.54) is 30.0 Å². The normalized spacial score (nSPS) is 11.0. The van der Waals surface area contributed by atoms with Gasteiger partial charge in [0.1, 0.15) is 5.56 Å². The number of nitrogens with zero attached hydrogens (tertiary/aromatic N) is 1. The van der Waals surface area contributed by atoms with Crippen molar-refractivity contribution in [3.63, 3.8) is 0 Å². The van der Waals surface area contributed by atoms with Crippen molar-refractivity contribution in [3.05, 3.63) is 63.7 Å². The molecule has 0 spiro atoms. The molecule has 0 aromatic heterocycles. The van der Waals surface area contributed by atoms with Gasteiger partial charge in [-0.05, 0) is 30.5 Å². The zero-order valence-electron chi connectivity index (χ0n) is 14.3. The Morgan fingerprint density at radius 3 is 2.50 bits per heavy atom. The van der Waals surface area contributed by atoms with Crippen LogP contribution in [0.5, 0.6) is 0 Å². The number of hydrogen-bond donors (Lipinski definition) is 1. The standard InChI is InChI=1S/C17H13F3N2O5S/c1-28-10-6-7-14(22(25)26)11(8-10)16(24)27-9-15(23)21-13-5-3-2-4-12(13)17(18,19)20/h2-8H,9H2,1H3,(H,21,23). The number of para-hydroxylation sites is 1. The maximum atomic E-state index is 12.9. The number of amides is 1. The van der Waals surface area contributed by atoms with E-state index in [-0.39, 0.29) is 5.56 Å². The Balaban J connectivity index is 2.10. The lowest BCUT2D eigenvalue weighted by Crippen LogP contribution is -2.23. The van der Waals surface area contributed by atoms with Crippen LogP contribution in [0.1, 0.15) is 15.9 Å². The number of hydrogen-bond acceptors (Lipinski definition) is 6. The summed E-state index contributed by atoms with van der Waals surface area (Å²) >= 11 is 1.23. The second-order valence-corrected chi connectivity index (χ2v) is 6.19. The van der Waals surface area contributed by atoms with Gasteiger partial charge < -0.3 is 10.1 Å². The van der Waals surface area contributed by atoms with E-state index in [1.807, 2.05) is 5.32 Å². The number of carbonyl (C=O) groups excluding carboxylic acids is 2. The first-order valence-electron chi connectivity index (χ1n) is 7.59. The van der Waals surface area contributed by atoms with Gasteiger partial charge in [0.05, 0.1) is 16.2 Å². The van der Waals surface area contributed by atoms with Crippen LogP contribution in [0.3, 0.4) is 0 Å². The van der Waals surface area contributed by atoms with Gasteiger partial charge in [0.2, 0.25) is 0 Å². The van der Waals surface area contributed by atoms with Gasteiger partial charge in [-0.1, -0.05) is 12.1 Å². The van der Waals surface area contributed by atoms with Gasteiger partial charge in [-0.25, -0.2) is 4.79 Å². The highest BCUT2D eigenvalue weighted by molar-refractivity contribution is 7.98. The molecular weight excluding hydrogens is 401 g/mol. The van der Waals surface area contributed by atoms with Crippen molar-refractivity contribution in [1.29, 1.82) is 0 Å². The van der Waals surface area contributed by atoms with E-state index in [0.29, 0.717) is 4.90 Å². The van der Waals surface area contributed by atoms with Crippen molar-refractivity contribution in [2.45, 2.75) is 11.1 Å². The van der Waals surface area contributed by atoms with Crippen molar-refractivity contribution in [3.8, 4) is 0 Å². The van der Waals surface area contributed by atoms with E-state index in [0.717, 1.165) is 24.3 Å². The number of ether oxygens (including phenoxy) is 1. The first-order chi connectivity index (χ1) is 13.1. The number of thioether (sulfide) groups is 1. The Morgan fingerprint density at radius 1 is 1.21 bits per heavy atom. The van der Waals surface area contributed by atoms with Crippen LogP contribution in [0.25, 0.3) is 0 Å². The number of alkyl halides is 3. The second-order valence-electron chi connectivity index (χ2n) is 5.31. The van der Waals surface area contributed by atoms with Crippen molar-refractivity contribution >= 4 is 35.0 Å². The maximum absolute atomic E-state index is 12.9. The van der Waals surface area contributed by atoms with Gasteiger partial charge in [0.25, 0.3) is 11.6 Å². The topological polar surface area (TPSA) is 98.5 Å². The van der Waals surface area contributed by atoms with E-state index in [9.17, 15) is 32.9 Å². The van der Waals surface area contributed by atoms with Crippen molar-refractivity contribution in [1.82, 2.24) is 0 Å². The number of halogens is 3. The van der Waals surface area contributed by atoms with Crippen LogP contribution in [-0.2, 0) is 15.7 Å². The molecule has 0 aliphatic rings. The molecule has 2 aromatic rings. The predicted octanol–water partition coefficient (Wildman–Crippen LogP) is 4.13. The smallest absolute Gasteiger partial charge is 0.418 e. The highest BCUT2D eigenvalue weighted by Crippen LogP contribution is 2.34. The van der Waals surface area contributed by atoms with Crippen LogP contribution in [0, 0.1) is 10.1 Å². The van der Waals surface area contributed by atoms with Gasteiger partial charge in [-0.15, -0.1) is 11.8 Å². The number of rotatable bonds is 6. The lowest BCUT2D eigenvalue weighted by atomic mass is 10.1. The Hall–Kier alpha value is -3.08. The molecule has 0 saturated heterocycles. The molecule has 148 valence electrons. The van der Waals surface area contributed by atoms with Crippen molar-refractivity contribution in [2.24, 2.45) is 0 Å². The molecular formula is C17H13F3N2O5S. The average molecular weight is 414 g/mol. The maximum Gasteiger partial charge on any atom is 0.418 e.